The van der Waals surface area contributed by atoms with Crippen LogP contribution in [-0.4, -0.2) is 15.7 Å². The number of para-hydroxylation sites is 1. The van der Waals surface area contributed by atoms with Crippen molar-refractivity contribution in [3.63, 3.8) is 0 Å². The summed E-state index contributed by atoms with van der Waals surface area (Å²) in [4.78, 5) is 11.8. The van der Waals surface area contributed by atoms with E-state index in [-0.39, 0.29) is 12.5 Å². The fraction of sp³-hybridized carbons (Fsp3) is 0.167. The number of aryl methyl sites for hydroxylation is 1. The predicted octanol–water partition coefficient (Wildman–Crippen LogP) is 3.14. The van der Waals surface area contributed by atoms with Gasteiger partial charge in [-0.15, -0.1) is 0 Å². The number of amides is 1. The molecule has 0 saturated carbocycles. The number of halogens is 2. The summed E-state index contributed by atoms with van der Waals surface area (Å²) < 4.78 is 1.55. The molecular weight excluding hydrogens is 273 g/mol. The second-order valence-electron chi connectivity index (χ2n) is 3.80. The molecule has 18 heavy (non-hydrogen) atoms. The van der Waals surface area contributed by atoms with Crippen LogP contribution >= 0.6 is 23.2 Å². The fourth-order valence-electron chi connectivity index (χ4n) is 1.49. The van der Waals surface area contributed by atoms with Crippen molar-refractivity contribution in [2.75, 3.05) is 5.32 Å². The quantitative estimate of drug-likeness (QED) is 0.941. The Labute approximate surface area is 115 Å². The minimum atomic E-state index is -0.229. The minimum absolute atomic E-state index is 0.120. The van der Waals surface area contributed by atoms with E-state index in [9.17, 15) is 4.79 Å². The summed E-state index contributed by atoms with van der Waals surface area (Å²) in [5.41, 5.74) is 1.29. The van der Waals surface area contributed by atoms with E-state index in [2.05, 4.69) is 10.4 Å². The molecule has 4 nitrogen and oxygen atoms in total. The summed E-state index contributed by atoms with van der Waals surface area (Å²) in [5, 5.41) is 7.62. The molecule has 1 aromatic heterocycles. The molecule has 94 valence electrons. The molecule has 0 fully saturated rings. The summed E-state index contributed by atoms with van der Waals surface area (Å²) in [6, 6.07) is 6.88. The van der Waals surface area contributed by atoms with E-state index in [0.29, 0.717) is 15.7 Å². The van der Waals surface area contributed by atoms with Gasteiger partial charge in [0.15, 0.2) is 0 Å². The molecule has 0 aliphatic carbocycles. The highest BCUT2D eigenvalue weighted by atomic mass is 35.5. The van der Waals surface area contributed by atoms with Gasteiger partial charge in [0.05, 0.1) is 21.4 Å². The van der Waals surface area contributed by atoms with Crippen LogP contribution in [0.25, 0.3) is 0 Å². The molecule has 2 aromatic rings. The molecule has 0 unspecified atom stereocenters. The zero-order chi connectivity index (χ0) is 13.1. The van der Waals surface area contributed by atoms with Crippen LogP contribution in [0.4, 0.5) is 5.69 Å². The molecule has 6 heteroatoms. The van der Waals surface area contributed by atoms with Crippen LogP contribution in [0, 0.1) is 6.92 Å². The summed E-state index contributed by atoms with van der Waals surface area (Å²) in [6.07, 6.45) is 1.74. The van der Waals surface area contributed by atoms with Gasteiger partial charge < -0.3 is 5.32 Å². The number of nitrogens with zero attached hydrogens (tertiary/aromatic N) is 2. The van der Waals surface area contributed by atoms with Crippen LogP contribution in [0.5, 0.6) is 0 Å². The molecule has 0 spiro atoms. The van der Waals surface area contributed by atoms with Gasteiger partial charge >= 0.3 is 0 Å². The number of carbonyl (C=O) groups is 1. The van der Waals surface area contributed by atoms with Crippen molar-refractivity contribution < 1.29 is 4.79 Å². The molecule has 0 bridgehead atoms. The standard InChI is InChI=1S/C12H11Cl2N3O/c1-8-5-6-17(16-8)7-11(18)15-12-9(13)3-2-4-10(12)14/h2-6H,7H2,1H3,(H,15,18). The topological polar surface area (TPSA) is 46.9 Å². The molecule has 2 rings (SSSR count). The normalized spacial score (nSPS) is 10.4. The van der Waals surface area contributed by atoms with Crippen LogP contribution in [0.1, 0.15) is 5.69 Å². The number of nitrogens with one attached hydrogen (secondary N) is 1. The zero-order valence-electron chi connectivity index (χ0n) is 9.65. The van der Waals surface area contributed by atoms with Crippen molar-refractivity contribution in [2.24, 2.45) is 0 Å². The van der Waals surface area contributed by atoms with E-state index in [1.54, 1.807) is 29.1 Å². The summed E-state index contributed by atoms with van der Waals surface area (Å²) in [7, 11) is 0. The number of hydrogen-bond acceptors (Lipinski definition) is 2. The van der Waals surface area contributed by atoms with E-state index < -0.39 is 0 Å². The molecule has 1 aromatic carbocycles. The lowest BCUT2D eigenvalue weighted by Crippen LogP contribution is -2.19. The third kappa shape index (κ3) is 3.03. The van der Waals surface area contributed by atoms with E-state index >= 15 is 0 Å². The molecular formula is C12H11Cl2N3O. The van der Waals surface area contributed by atoms with Gasteiger partial charge in [-0.05, 0) is 25.1 Å². The molecule has 1 amide bonds. The smallest absolute Gasteiger partial charge is 0.246 e. The fourth-order valence-corrected chi connectivity index (χ4v) is 1.99. The van der Waals surface area contributed by atoms with Gasteiger partial charge in [0.25, 0.3) is 0 Å². The lowest BCUT2D eigenvalue weighted by molar-refractivity contribution is -0.116. The predicted molar refractivity (Wildman–Crippen MR) is 72.1 cm³/mol. The third-order valence-electron chi connectivity index (χ3n) is 2.31. The first kappa shape index (κ1) is 12.9. The second kappa shape index (κ2) is 5.42. The van der Waals surface area contributed by atoms with Crippen LogP contribution < -0.4 is 5.32 Å². The van der Waals surface area contributed by atoms with Crippen molar-refractivity contribution in [1.29, 1.82) is 0 Å². The Morgan fingerprint density at radius 3 is 2.56 bits per heavy atom. The molecule has 1 N–H and O–H groups in total. The van der Waals surface area contributed by atoms with Crippen LogP contribution in [-0.2, 0) is 11.3 Å². The number of anilines is 1. The number of hydrogen-bond donors (Lipinski definition) is 1. The van der Waals surface area contributed by atoms with Crippen molar-refractivity contribution in [3.05, 3.63) is 46.2 Å². The molecule has 0 radical (unpaired) electrons. The lowest BCUT2D eigenvalue weighted by Gasteiger charge is -2.09. The maximum Gasteiger partial charge on any atom is 0.246 e. The maximum absolute atomic E-state index is 11.8. The first-order valence-electron chi connectivity index (χ1n) is 5.30. The van der Waals surface area contributed by atoms with Crippen molar-refractivity contribution in [2.45, 2.75) is 13.5 Å². The average Bonchev–Trinajstić information content (AvgIpc) is 2.69. The number of aromatic nitrogens is 2. The van der Waals surface area contributed by atoms with E-state index in [1.807, 2.05) is 13.0 Å². The second-order valence-corrected chi connectivity index (χ2v) is 4.61. The SMILES string of the molecule is Cc1ccn(CC(=O)Nc2c(Cl)cccc2Cl)n1. The molecule has 0 aliphatic rings. The summed E-state index contributed by atoms with van der Waals surface area (Å²) >= 11 is 11.9. The lowest BCUT2D eigenvalue weighted by atomic mass is 10.3. The Bertz CT molecular complexity index is 560. The zero-order valence-corrected chi connectivity index (χ0v) is 11.2. The van der Waals surface area contributed by atoms with Crippen molar-refractivity contribution in [3.8, 4) is 0 Å². The number of carbonyl (C=O) groups excluding carboxylic acids is 1. The summed E-state index contributed by atoms with van der Waals surface area (Å²) in [6.45, 7) is 1.98. The van der Waals surface area contributed by atoms with Gasteiger partial charge in [-0.2, -0.15) is 5.10 Å². The molecule has 0 aliphatic heterocycles. The average molecular weight is 284 g/mol. The Balaban J connectivity index is 2.08. The van der Waals surface area contributed by atoms with Crippen molar-refractivity contribution in [1.82, 2.24) is 9.78 Å². The first-order chi connectivity index (χ1) is 8.56. The van der Waals surface area contributed by atoms with E-state index in [1.165, 1.54) is 0 Å². The van der Waals surface area contributed by atoms with Crippen LogP contribution in [0.2, 0.25) is 10.0 Å². The molecule has 1 heterocycles. The highest BCUT2D eigenvalue weighted by molar-refractivity contribution is 6.39. The van der Waals surface area contributed by atoms with Gasteiger partial charge in [0.2, 0.25) is 5.91 Å². The van der Waals surface area contributed by atoms with Gasteiger partial charge in [0.1, 0.15) is 6.54 Å². The Hall–Kier alpha value is -1.52. The maximum atomic E-state index is 11.8. The largest absolute Gasteiger partial charge is 0.322 e. The summed E-state index contributed by atoms with van der Waals surface area (Å²) in [5.74, 6) is -0.229. The number of rotatable bonds is 3. The van der Waals surface area contributed by atoms with Gasteiger partial charge in [-0.3, -0.25) is 9.48 Å². The van der Waals surface area contributed by atoms with E-state index in [4.69, 9.17) is 23.2 Å². The minimum Gasteiger partial charge on any atom is -0.322 e. The Morgan fingerprint density at radius 2 is 2.00 bits per heavy atom. The number of benzene rings is 1. The van der Waals surface area contributed by atoms with Crippen LogP contribution in [0.15, 0.2) is 30.5 Å². The van der Waals surface area contributed by atoms with Gasteiger partial charge in [0, 0.05) is 6.20 Å². The van der Waals surface area contributed by atoms with Crippen LogP contribution in [0.3, 0.4) is 0 Å². The molecule has 0 saturated heterocycles. The third-order valence-corrected chi connectivity index (χ3v) is 2.94. The van der Waals surface area contributed by atoms with Gasteiger partial charge in [-0.25, -0.2) is 0 Å². The monoisotopic (exact) mass is 283 g/mol. The highest BCUT2D eigenvalue weighted by Gasteiger charge is 2.10. The Morgan fingerprint density at radius 1 is 1.33 bits per heavy atom. The molecule has 0 atom stereocenters. The van der Waals surface area contributed by atoms with Crippen molar-refractivity contribution >= 4 is 34.8 Å². The first-order valence-corrected chi connectivity index (χ1v) is 6.06. The van der Waals surface area contributed by atoms with Gasteiger partial charge in [-0.1, -0.05) is 29.3 Å². The highest BCUT2D eigenvalue weighted by Crippen LogP contribution is 2.29. The van der Waals surface area contributed by atoms with E-state index in [0.717, 1.165) is 5.69 Å². The Kier molecular flexibility index (Phi) is 3.89.